The third kappa shape index (κ3) is 3.35. The molecule has 0 aliphatic rings. The van der Waals surface area contributed by atoms with Gasteiger partial charge in [-0.2, -0.15) is 0 Å². The fraction of sp³-hybridized carbons (Fsp3) is 0.353. The van der Waals surface area contributed by atoms with E-state index < -0.39 is 11.6 Å². The van der Waals surface area contributed by atoms with Gasteiger partial charge in [-0.15, -0.1) is 0 Å². The van der Waals surface area contributed by atoms with Crippen molar-refractivity contribution in [3.8, 4) is 0 Å². The first kappa shape index (κ1) is 16.2. The Kier molecular flexibility index (Phi) is 4.64. The lowest BCUT2D eigenvalue weighted by molar-refractivity contribution is 0.0933. The van der Waals surface area contributed by atoms with Crippen LogP contribution in [0, 0.1) is 25.5 Å². The van der Waals surface area contributed by atoms with E-state index in [1.807, 2.05) is 38.3 Å². The molecule has 118 valence electrons. The summed E-state index contributed by atoms with van der Waals surface area (Å²) in [5, 5.41) is 2.87. The fourth-order valence-electron chi connectivity index (χ4n) is 2.51. The molecule has 0 aliphatic carbocycles. The molecule has 1 aromatic carbocycles. The van der Waals surface area contributed by atoms with Gasteiger partial charge in [0.05, 0.1) is 0 Å². The maximum Gasteiger partial charge on any atom is 0.268 e. The molecular weight excluding hydrogens is 286 g/mol. The minimum Gasteiger partial charge on any atom is -0.349 e. The Bertz CT molecular complexity index is 705. The Hall–Kier alpha value is -2.17. The monoisotopic (exact) mass is 306 g/mol. The van der Waals surface area contributed by atoms with Crippen LogP contribution in [0.5, 0.6) is 0 Å². The number of amides is 1. The summed E-state index contributed by atoms with van der Waals surface area (Å²) in [6.07, 6.45) is 0. The van der Waals surface area contributed by atoms with Crippen LogP contribution in [0.15, 0.2) is 24.3 Å². The highest BCUT2D eigenvalue weighted by molar-refractivity contribution is 5.94. The molecule has 2 rings (SSSR count). The molecule has 1 amide bonds. The third-order valence-corrected chi connectivity index (χ3v) is 3.45. The van der Waals surface area contributed by atoms with Crippen LogP contribution in [0.2, 0.25) is 0 Å². The molecule has 0 saturated heterocycles. The normalized spacial score (nSPS) is 11.0. The van der Waals surface area contributed by atoms with Crippen molar-refractivity contribution in [2.24, 2.45) is 0 Å². The van der Waals surface area contributed by atoms with Gasteiger partial charge in [-0.25, -0.2) is 8.78 Å². The zero-order valence-corrected chi connectivity index (χ0v) is 13.2. The number of hydrogen-bond donors (Lipinski definition) is 1. The maximum atomic E-state index is 13.4. The minimum absolute atomic E-state index is 0.0267. The van der Waals surface area contributed by atoms with Gasteiger partial charge in [0.15, 0.2) is 11.6 Å². The molecule has 0 atom stereocenters. The summed E-state index contributed by atoms with van der Waals surface area (Å²) in [4.78, 5) is 12.4. The van der Waals surface area contributed by atoms with E-state index in [9.17, 15) is 13.6 Å². The van der Waals surface area contributed by atoms with Crippen molar-refractivity contribution in [3.63, 3.8) is 0 Å². The lowest BCUT2D eigenvalue weighted by Crippen LogP contribution is -2.32. The molecule has 2 aromatic rings. The molecule has 22 heavy (non-hydrogen) atoms. The van der Waals surface area contributed by atoms with Gasteiger partial charge in [0, 0.05) is 18.3 Å². The number of nitrogens with one attached hydrogen (secondary N) is 1. The van der Waals surface area contributed by atoms with Crippen molar-refractivity contribution >= 4 is 5.91 Å². The van der Waals surface area contributed by atoms with Crippen LogP contribution >= 0.6 is 0 Å². The molecule has 0 unspecified atom stereocenters. The van der Waals surface area contributed by atoms with Crippen LogP contribution in [0.25, 0.3) is 0 Å². The number of aryl methyl sites for hydroxylation is 2. The predicted molar refractivity (Wildman–Crippen MR) is 82.0 cm³/mol. The topological polar surface area (TPSA) is 34.0 Å². The third-order valence-electron chi connectivity index (χ3n) is 3.45. The van der Waals surface area contributed by atoms with Crippen LogP contribution in [0.4, 0.5) is 8.78 Å². The van der Waals surface area contributed by atoms with E-state index in [0.717, 1.165) is 23.4 Å². The first-order chi connectivity index (χ1) is 10.3. The Morgan fingerprint density at radius 3 is 2.45 bits per heavy atom. The number of carbonyl (C=O) groups is 1. The SMILES string of the molecule is Cc1cc(C)n(Cc2ccc(F)c(F)c2)c1C(=O)NC(C)C. The number of halogens is 2. The van der Waals surface area contributed by atoms with Gasteiger partial charge in [0.2, 0.25) is 0 Å². The summed E-state index contributed by atoms with van der Waals surface area (Å²) in [6, 6.07) is 5.73. The molecule has 1 N–H and O–H groups in total. The van der Waals surface area contributed by atoms with E-state index in [-0.39, 0.29) is 11.9 Å². The van der Waals surface area contributed by atoms with Crippen LogP contribution in [0.3, 0.4) is 0 Å². The van der Waals surface area contributed by atoms with Crippen molar-refractivity contribution in [3.05, 3.63) is 58.4 Å². The van der Waals surface area contributed by atoms with Crippen LogP contribution < -0.4 is 5.32 Å². The van der Waals surface area contributed by atoms with Gasteiger partial charge in [0.25, 0.3) is 5.91 Å². The highest BCUT2D eigenvalue weighted by Gasteiger charge is 2.18. The minimum atomic E-state index is -0.882. The lowest BCUT2D eigenvalue weighted by Gasteiger charge is -2.14. The van der Waals surface area contributed by atoms with Gasteiger partial charge in [0.1, 0.15) is 5.69 Å². The van der Waals surface area contributed by atoms with Crippen molar-refractivity contribution in [1.82, 2.24) is 9.88 Å². The van der Waals surface area contributed by atoms with Gasteiger partial charge >= 0.3 is 0 Å². The molecule has 0 fully saturated rings. The summed E-state index contributed by atoms with van der Waals surface area (Å²) in [5.74, 6) is -1.92. The molecule has 0 aliphatic heterocycles. The Morgan fingerprint density at radius 1 is 1.18 bits per heavy atom. The average Bonchev–Trinajstić information content (AvgIpc) is 2.68. The van der Waals surface area contributed by atoms with E-state index in [1.165, 1.54) is 6.07 Å². The van der Waals surface area contributed by atoms with Crippen LogP contribution in [-0.2, 0) is 6.54 Å². The number of rotatable bonds is 4. The second kappa shape index (κ2) is 6.30. The van der Waals surface area contributed by atoms with Crippen molar-refractivity contribution < 1.29 is 13.6 Å². The van der Waals surface area contributed by atoms with E-state index in [2.05, 4.69) is 5.32 Å². The second-order valence-corrected chi connectivity index (χ2v) is 5.78. The molecule has 0 bridgehead atoms. The van der Waals surface area contributed by atoms with Gasteiger partial charge in [-0.3, -0.25) is 4.79 Å². The van der Waals surface area contributed by atoms with Gasteiger partial charge < -0.3 is 9.88 Å². The Morgan fingerprint density at radius 2 is 1.86 bits per heavy atom. The first-order valence-electron chi connectivity index (χ1n) is 7.21. The Balaban J connectivity index is 2.38. The number of hydrogen-bond acceptors (Lipinski definition) is 1. The van der Waals surface area contributed by atoms with Crippen LogP contribution in [-0.4, -0.2) is 16.5 Å². The summed E-state index contributed by atoms with van der Waals surface area (Å²) < 4.78 is 28.2. The lowest BCUT2D eigenvalue weighted by atomic mass is 10.2. The molecule has 3 nitrogen and oxygen atoms in total. The molecular formula is C17H20F2N2O. The van der Waals surface area contributed by atoms with Crippen molar-refractivity contribution in [2.75, 3.05) is 0 Å². The predicted octanol–water partition coefficient (Wildman–Crippen LogP) is 3.57. The van der Waals surface area contributed by atoms with Gasteiger partial charge in [-0.05, 0) is 57.0 Å². The average molecular weight is 306 g/mol. The number of benzene rings is 1. The quantitative estimate of drug-likeness (QED) is 0.920. The van der Waals surface area contributed by atoms with E-state index in [1.54, 1.807) is 0 Å². The van der Waals surface area contributed by atoms with E-state index in [0.29, 0.717) is 17.8 Å². The highest BCUT2D eigenvalue weighted by Crippen LogP contribution is 2.18. The zero-order chi connectivity index (χ0) is 16.4. The summed E-state index contributed by atoms with van der Waals surface area (Å²) in [6.45, 7) is 7.85. The highest BCUT2D eigenvalue weighted by atomic mass is 19.2. The smallest absolute Gasteiger partial charge is 0.268 e. The summed E-state index contributed by atoms with van der Waals surface area (Å²) in [5.41, 5.74) is 2.92. The van der Waals surface area contributed by atoms with E-state index >= 15 is 0 Å². The summed E-state index contributed by atoms with van der Waals surface area (Å²) >= 11 is 0. The molecule has 5 heteroatoms. The standard InChI is InChI=1S/C17H20F2N2O/c1-10(2)20-17(22)16-11(3)7-12(4)21(16)9-13-5-6-14(18)15(19)8-13/h5-8,10H,9H2,1-4H3,(H,20,22). The zero-order valence-electron chi connectivity index (χ0n) is 13.2. The summed E-state index contributed by atoms with van der Waals surface area (Å²) in [7, 11) is 0. The largest absolute Gasteiger partial charge is 0.349 e. The molecule has 0 saturated carbocycles. The Labute approximate surface area is 129 Å². The molecule has 1 aromatic heterocycles. The number of aromatic nitrogens is 1. The number of carbonyl (C=O) groups excluding carboxylic acids is 1. The van der Waals surface area contributed by atoms with Crippen molar-refractivity contribution in [1.29, 1.82) is 0 Å². The van der Waals surface area contributed by atoms with Crippen molar-refractivity contribution in [2.45, 2.75) is 40.3 Å². The second-order valence-electron chi connectivity index (χ2n) is 5.78. The first-order valence-corrected chi connectivity index (χ1v) is 7.21. The molecule has 0 radical (unpaired) electrons. The fourth-order valence-corrected chi connectivity index (χ4v) is 2.51. The number of nitrogens with zero attached hydrogens (tertiary/aromatic N) is 1. The molecule has 1 heterocycles. The van der Waals surface area contributed by atoms with Crippen LogP contribution in [0.1, 0.15) is 41.2 Å². The van der Waals surface area contributed by atoms with E-state index in [4.69, 9.17) is 0 Å². The maximum absolute atomic E-state index is 13.4. The van der Waals surface area contributed by atoms with Gasteiger partial charge in [-0.1, -0.05) is 6.07 Å². The molecule has 0 spiro atoms.